The van der Waals surface area contributed by atoms with Gasteiger partial charge in [-0.3, -0.25) is 4.68 Å². The van der Waals surface area contributed by atoms with Crippen LogP contribution >= 0.6 is 0 Å². The van der Waals surface area contributed by atoms with Crippen molar-refractivity contribution in [1.29, 1.82) is 0 Å². The molecule has 0 amide bonds. The van der Waals surface area contributed by atoms with Crippen LogP contribution in [0.3, 0.4) is 0 Å². The van der Waals surface area contributed by atoms with Crippen LogP contribution in [0.1, 0.15) is 6.92 Å². The lowest BCUT2D eigenvalue weighted by Crippen LogP contribution is -2.23. The molecule has 0 bridgehead atoms. The number of anilines is 1. The van der Waals surface area contributed by atoms with Gasteiger partial charge >= 0.3 is 0 Å². The fraction of sp³-hybridized carbons (Fsp3) is 0.222. The van der Waals surface area contributed by atoms with E-state index in [0.29, 0.717) is 6.61 Å². The third-order valence-corrected chi connectivity index (χ3v) is 3.43. The van der Waals surface area contributed by atoms with Crippen molar-refractivity contribution in [3.8, 4) is 16.9 Å². The smallest absolute Gasteiger partial charge is 0.126 e. The lowest BCUT2D eigenvalue weighted by Gasteiger charge is -2.15. The molecule has 2 aromatic heterocycles. The highest BCUT2D eigenvalue weighted by Gasteiger charge is 2.06. The number of nitrogens with zero attached hydrogens (tertiary/aromatic N) is 3. The summed E-state index contributed by atoms with van der Waals surface area (Å²) in [7, 11) is 1.91. The van der Waals surface area contributed by atoms with E-state index in [1.165, 1.54) is 0 Å². The van der Waals surface area contributed by atoms with Crippen LogP contribution in [0.15, 0.2) is 61.1 Å². The van der Waals surface area contributed by atoms with E-state index in [4.69, 9.17) is 4.74 Å². The van der Waals surface area contributed by atoms with E-state index >= 15 is 0 Å². The van der Waals surface area contributed by atoms with Crippen LogP contribution < -0.4 is 10.1 Å². The first-order valence-corrected chi connectivity index (χ1v) is 7.60. The van der Waals surface area contributed by atoms with Crippen LogP contribution in [0.4, 0.5) is 5.82 Å². The van der Waals surface area contributed by atoms with Gasteiger partial charge in [0.1, 0.15) is 18.2 Å². The second-order valence-electron chi connectivity index (χ2n) is 5.50. The molecule has 0 aliphatic carbocycles. The third-order valence-electron chi connectivity index (χ3n) is 3.43. The Morgan fingerprint density at radius 2 is 2.09 bits per heavy atom. The van der Waals surface area contributed by atoms with Gasteiger partial charge in [0.05, 0.1) is 12.2 Å². The lowest BCUT2D eigenvalue weighted by atomic mass is 10.1. The van der Waals surface area contributed by atoms with E-state index < -0.39 is 0 Å². The van der Waals surface area contributed by atoms with E-state index in [1.54, 1.807) is 10.9 Å². The topological polar surface area (TPSA) is 52.0 Å². The average Bonchev–Trinajstić information content (AvgIpc) is 3.01. The van der Waals surface area contributed by atoms with Gasteiger partial charge in [0.15, 0.2) is 0 Å². The summed E-state index contributed by atoms with van der Waals surface area (Å²) in [6.07, 6.45) is 5.61. The van der Waals surface area contributed by atoms with E-state index in [1.807, 2.05) is 55.8 Å². The Balaban J connectivity index is 1.60. The van der Waals surface area contributed by atoms with E-state index in [2.05, 4.69) is 28.4 Å². The van der Waals surface area contributed by atoms with Crippen molar-refractivity contribution in [2.75, 3.05) is 11.9 Å². The molecule has 1 aromatic carbocycles. The van der Waals surface area contributed by atoms with Crippen LogP contribution in [0.25, 0.3) is 11.1 Å². The molecular weight excluding hydrogens is 288 g/mol. The summed E-state index contributed by atoms with van der Waals surface area (Å²) in [5, 5.41) is 7.51. The Morgan fingerprint density at radius 1 is 1.17 bits per heavy atom. The van der Waals surface area contributed by atoms with Crippen LogP contribution in [0.2, 0.25) is 0 Å². The van der Waals surface area contributed by atoms with E-state index in [9.17, 15) is 0 Å². The summed E-state index contributed by atoms with van der Waals surface area (Å²) in [5.74, 6) is 1.70. The molecule has 0 unspecified atom stereocenters. The third kappa shape index (κ3) is 4.10. The van der Waals surface area contributed by atoms with Crippen molar-refractivity contribution in [2.24, 2.45) is 7.05 Å². The first-order chi connectivity index (χ1) is 11.2. The molecule has 0 fully saturated rings. The van der Waals surface area contributed by atoms with Crippen molar-refractivity contribution < 1.29 is 4.74 Å². The number of benzene rings is 1. The molecule has 118 valence electrons. The Labute approximate surface area is 135 Å². The minimum absolute atomic E-state index is 0.159. The molecule has 0 saturated carbocycles. The Morgan fingerprint density at radius 3 is 2.83 bits per heavy atom. The van der Waals surface area contributed by atoms with Crippen LogP contribution in [0.5, 0.6) is 5.75 Å². The number of ether oxygens (including phenoxy) is 1. The SMILES string of the molecule is C[C@H](COc1cccc(-c2cnn(C)c2)c1)Nc1ccccn1. The maximum absolute atomic E-state index is 5.89. The van der Waals surface area contributed by atoms with Gasteiger partial charge in [-0.2, -0.15) is 5.10 Å². The summed E-state index contributed by atoms with van der Waals surface area (Å²) in [4.78, 5) is 4.25. The highest BCUT2D eigenvalue weighted by molar-refractivity contribution is 5.63. The molecule has 5 nitrogen and oxygen atoms in total. The van der Waals surface area contributed by atoms with Gasteiger partial charge in [-0.25, -0.2) is 4.98 Å². The van der Waals surface area contributed by atoms with Gasteiger partial charge in [-0.05, 0) is 36.8 Å². The van der Waals surface area contributed by atoms with Gasteiger partial charge < -0.3 is 10.1 Å². The summed E-state index contributed by atoms with van der Waals surface area (Å²) in [5.41, 5.74) is 2.18. The number of pyridine rings is 1. The van der Waals surface area contributed by atoms with Crippen molar-refractivity contribution >= 4 is 5.82 Å². The molecule has 0 saturated heterocycles. The number of nitrogens with one attached hydrogen (secondary N) is 1. The normalized spacial score (nSPS) is 11.9. The van der Waals surface area contributed by atoms with Gasteiger partial charge in [-0.1, -0.05) is 18.2 Å². The maximum atomic E-state index is 5.89. The predicted molar refractivity (Wildman–Crippen MR) is 91.5 cm³/mol. The monoisotopic (exact) mass is 308 g/mol. The molecular formula is C18H20N4O. The van der Waals surface area contributed by atoms with E-state index in [-0.39, 0.29) is 6.04 Å². The van der Waals surface area contributed by atoms with Crippen molar-refractivity contribution in [1.82, 2.24) is 14.8 Å². The van der Waals surface area contributed by atoms with Crippen LogP contribution in [-0.4, -0.2) is 27.4 Å². The first-order valence-electron chi connectivity index (χ1n) is 7.60. The average molecular weight is 308 g/mol. The Hall–Kier alpha value is -2.82. The van der Waals surface area contributed by atoms with Gasteiger partial charge in [0, 0.05) is 25.0 Å². The molecule has 3 aromatic rings. The lowest BCUT2D eigenvalue weighted by molar-refractivity contribution is 0.304. The molecule has 1 N–H and O–H groups in total. The predicted octanol–water partition coefficient (Wildman–Crippen LogP) is 3.36. The number of aryl methyl sites for hydroxylation is 1. The quantitative estimate of drug-likeness (QED) is 0.758. The first kappa shape index (κ1) is 15.1. The number of hydrogen-bond donors (Lipinski definition) is 1. The highest BCUT2D eigenvalue weighted by atomic mass is 16.5. The van der Waals surface area contributed by atoms with Crippen LogP contribution in [-0.2, 0) is 7.05 Å². The summed E-state index contributed by atoms with van der Waals surface area (Å²) < 4.78 is 7.68. The summed E-state index contributed by atoms with van der Waals surface area (Å²) >= 11 is 0. The van der Waals surface area contributed by atoms with E-state index in [0.717, 1.165) is 22.7 Å². The Kier molecular flexibility index (Phi) is 4.57. The second kappa shape index (κ2) is 6.96. The molecule has 0 aliphatic heterocycles. The van der Waals surface area contributed by atoms with Crippen molar-refractivity contribution in [3.63, 3.8) is 0 Å². The maximum Gasteiger partial charge on any atom is 0.126 e. The van der Waals surface area contributed by atoms with Gasteiger partial charge in [-0.15, -0.1) is 0 Å². The number of aromatic nitrogens is 3. The van der Waals surface area contributed by atoms with Gasteiger partial charge in [0.2, 0.25) is 0 Å². The molecule has 5 heteroatoms. The highest BCUT2D eigenvalue weighted by Crippen LogP contribution is 2.23. The molecule has 2 heterocycles. The molecule has 0 radical (unpaired) electrons. The van der Waals surface area contributed by atoms with Crippen LogP contribution in [0, 0.1) is 0 Å². The molecule has 0 aliphatic rings. The molecule has 3 rings (SSSR count). The minimum atomic E-state index is 0.159. The zero-order chi connectivity index (χ0) is 16.1. The molecule has 23 heavy (non-hydrogen) atoms. The second-order valence-corrected chi connectivity index (χ2v) is 5.50. The fourth-order valence-corrected chi connectivity index (χ4v) is 2.30. The van der Waals surface area contributed by atoms with Crippen molar-refractivity contribution in [3.05, 3.63) is 61.1 Å². The minimum Gasteiger partial charge on any atom is -0.491 e. The van der Waals surface area contributed by atoms with Crippen molar-refractivity contribution in [2.45, 2.75) is 13.0 Å². The largest absolute Gasteiger partial charge is 0.491 e. The molecule has 0 spiro atoms. The number of hydrogen-bond acceptors (Lipinski definition) is 4. The standard InChI is InChI=1S/C18H20N4O/c1-14(21-18-8-3-4-9-19-18)13-23-17-7-5-6-15(10-17)16-11-20-22(2)12-16/h3-12,14H,13H2,1-2H3,(H,19,21)/t14-/m1/s1. The zero-order valence-electron chi connectivity index (χ0n) is 13.3. The Bertz CT molecular complexity index is 754. The fourth-order valence-electron chi connectivity index (χ4n) is 2.30. The number of rotatable bonds is 6. The zero-order valence-corrected chi connectivity index (χ0v) is 13.3. The van der Waals surface area contributed by atoms with Gasteiger partial charge in [0.25, 0.3) is 0 Å². The summed E-state index contributed by atoms with van der Waals surface area (Å²) in [6, 6.07) is 14.0. The summed E-state index contributed by atoms with van der Waals surface area (Å²) in [6.45, 7) is 2.63. The molecule has 1 atom stereocenters.